The largest absolute Gasteiger partial charge is 0.384 e. The van der Waals surface area contributed by atoms with Gasteiger partial charge >= 0.3 is 0 Å². The van der Waals surface area contributed by atoms with E-state index in [4.69, 9.17) is 5.73 Å². The van der Waals surface area contributed by atoms with E-state index in [1.807, 2.05) is 11.0 Å². The maximum absolute atomic E-state index is 12.5. The van der Waals surface area contributed by atoms with Gasteiger partial charge in [0, 0.05) is 37.4 Å². The van der Waals surface area contributed by atoms with Crippen LogP contribution in [0.4, 0.5) is 5.82 Å². The van der Waals surface area contributed by atoms with Gasteiger partial charge in [0.05, 0.1) is 0 Å². The summed E-state index contributed by atoms with van der Waals surface area (Å²) in [5.74, 6) is 0.513. The van der Waals surface area contributed by atoms with Crippen LogP contribution in [0.3, 0.4) is 0 Å². The number of aromatic nitrogens is 1. The SMILES string of the molecule is CCCc1cc(C(=O)N2CCN(CC)CC2)cc(N)n1. The van der Waals surface area contributed by atoms with Crippen molar-refractivity contribution in [1.29, 1.82) is 0 Å². The Morgan fingerprint density at radius 3 is 2.55 bits per heavy atom. The van der Waals surface area contributed by atoms with Gasteiger partial charge in [-0.3, -0.25) is 4.79 Å². The summed E-state index contributed by atoms with van der Waals surface area (Å²) in [6, 6.07) is 3.57. The molecule has 0 aliphatic carbocycles. The van der Waals surface area contributed by atoms with Crippen LogP contribution in [0.1, 0.15) is 36.3 Å². The van der Waals surface area contributed by atoms with Crippen LogP contribution < -0.4 is 5.73 Å². The number of anilines is 1. The zero-order valence-corrected chi connectivity index (χ0v) is 12.4. The van der Waals surface area contributed by atoms with Gasteiger partial charge in [-0.15, -0.1) is 0 Å². The molecule has 1 aromatic rings. The first-order chi connectivity index (χ1) is 9.63. The summed E-state index contributed by atoms with van der Waals surface area (Å²) in [5.41, 5.74) is 7.39. The number of hydrogen-bond donors (Lipinski definition) is 1. The minimum absolute atomic E-state index is 0.0761. The molecule has 0 bridgehead atoms. The molecular formula is C15H24N4O. The van der Waals surface area contributed by atoms with Crippen LogP contribution in [0.25, 0.3) is 0 Å². The van der Waals surface area contributed by atoms with Crippen LogP contribution in [0.15, 0.2) is 12.1 Å². The van der Waals surface area contributed by atoms with Crippen molar-refractivity contribution in [3.05, 3.63) is 23.4 Å². The van der Waals surface area contributed by atoms with Crippen LogP contribution in [-0.4, -0.2) is 53.4 Å². The fourth-order valence-corrected chi connectivity index (χ4v) is 2.57. The molecule has 1 amide bonds. The second kappa shape index (κ2) is 6.70. The van der Waals surface area contributed by atoms with E-state index in [-0.39, 0.29) is 5.91 Å². The molecule has 1 fully saturated rings. The Labute approximate surface area is 120 Å². The molecule has 2 heterocycles. The van der Waals surface area contributed by atoms with Crippen LogP contribution in [0, 0.1) is 0 Å². The van der Waals surface area contributed by atoms with E-state index in [1.165, 1.54) is 0 Å². The van der Waals surface area contributed by atoms with E-state index < -0.39 is 0 Å². The number of carbonyl (C=O) groups excluding carboxylic acids is 1. The van der Waals surface area contributed by atoms with Crippen LogP contribution in [0.5, 0.6) is 0 Å². The van der Waals surface area contributed by atoms with E-state index in [0.29, 0.717) is 11.4 Å². The third-order valence-corrected chi connectivity index (χ3v) is 3.76. The predicted octanol–water partition coefficient (Wildman–Crippen LogP) is 1.39. The van der Waals surface area contributed by atoms with Gasteiger partial charge in [0.15, 0.2) is 0 Å². The Kier molecular flexibility index (Phi) is 4.95. The van der Waals surface area contributed by atoms with Gasteiger partial charge in [0.1, 0.15) is 5.82 Å². The smallest absolute Gasteiger partial charge is 0.254 e. The molecule has 0 saturated carbocycles. The quantitative estimate of drug-likeness (QED) is 0.903. The van der Waals surface area contributed by atoms with Crippen molar-refractivity contribution in [2.24, 2.45) is 0 Å². The van der Waals surface area contributed by atoms with Gasteiger partial charge in [-0.05, 0) is 25.1 Å². The Morgan fingerprint density at radius 1 is 1.25 bits per heavy atom. The zero-order valence-electron chi connectivity index (χ0n) is 12.4. The lowest BCUT2D eigenvalue weighted by molar-refractivity contribution is 0.0643. The number of likely N-dealkylation sites (N-methyl/N-ethyl adjacent to an activating group) is 1. The monoisotopic (exact) mass is 276 g/mol. The Bertz CT molecular complexity index is 467. The van der Waals surface area contributed by atoms with E-state index >= 15 is 0 Å². The molecule has 1 aliphatic heterocycles. The number of nitrogen functional groups attached to an aromatic ring is 1. The molecule has 1 saturated heterocycles. The molecule has 5 nitrogen and oxygen atoms in total. The molecular weight excluding hydrogens is 252 g/mol. The van der Waals surface area contributed by atoms with Crippen LogP contribution in [0.2, 0.25) is 0 Å². The second-order valence-electron chi connectivity index (χ2n) is 5.25. The lowest BCUT2D eigenvalue weighted by Gasteiger charge is -2.34. The zero-order chi connectivity index (χ0) is 14.5. The van der Waals surface area contributed by atoms with Crippen molar-refractivity contribution in [3.63, 3.8) is 0 Å². The molecule has 0 spiro atoms. The maximum atomic E-state index is 12.5. The fourth-order valence-electron chi connectivity index (χ4n) is 2.57. The molecule has 0 unspecified atom stereocenters. The second-order valence-corrected chi connectivity index (χ2v) is 5.25. The van der Waals surface area contributed by atoms with E-state index in [2.05, 4.69) is 23.7 Å². The highest BCUT2D eigenvalue weighted by Crippen LogP contribution is 2.13. The van der Waals surface area contributed by atoms with Crippen molar-refractivity contribution < 1.29 is 4.79 Å². The van der Waals surface area contributed by atoms with Crippen LogP contribution in [-0.2, 0) is 6.42 Å². The maximum Gasteiger partial charge on any atom is 0.254 e. The highest BCUT2D eigenvalue weighted by molar-refractivity contribution is 5.95. The van der Waals surface area contributed by atoms with Crippen molar-refractivity contribution in [1.82, 2.24) is 14.8 Å². The topological polar surface area (TPSA) is 62.5 Å². The molecule has 1 aliphatic rings. The van der Waals surface area contributed by atoms with Gasteiger partial charge in [-0.2, -0.15) is 0 Å². The van der Waals surface area contributed by atoms with Crippen molar-refractivity contribution >= 4 is 11.7 Å². The summed E-state index contributed by atoms with van der Waals surface area (Å²) in [6.45, 7) is 8.77. The number of rotatable bonds is 4. The lowest BCUT2D eigenvalue weighted by Crippen LogP contribution is -2.48. The van der Waals surface area contributed by atoms with E-state index in [1.54, 1.807) is 6.07 Å². The number of pyridine rings is 1. The molecule has 2 N–H and O–H groups in total. The summed E-state index contributed by atoms with van der Waals surface area (Å²) in [4.78, 5) is 21.1. The predicted molar refractivity (Wildman–Crippen MR) is 80.7 cm³/mol. The number of hydrogen-bond acceptors (Lipinski definition) is 4. The molecule has 0 radical (unpaired) electrons. The summed E-state index contributed by atoms with van der Waals surface area (Å²) >= 11 is 0. The van der Waals surface area contributed by atoms with Gasteiger partial charge in [0.2, 0.25) is 0 Å². The molecule has 2 rings (SSSR count). The van der Waals surface area contributed by atoms with E-state index in [0.717, 1.165) is 51.3 Å². The number of nitrogens with zero attached hydrogens (tertiary/aromatic N) is 3. The highest BCUT2D eigenvalue weighted by Gasteiger charge is 2.21. The van der Waals surface area contributed by atoms with Gasteiger partial charge < -0.3 is 15.5 Å². The number of aryl methyl sites for hydroxylation is 1. The van der Waals surface area contributed by atoms with Crippen LogP contribution >= 0.6 is 0 Å². The number of amides is 1. The first-order valence-corrected chi connectivity index (χ1v) is 7.42. The number of nitrogens with two attached hydrogens (primary N) is 1. The number of piperazine rings is 1. The minimum Gasteiger partial charge on any atom is -0.384 e. The molecule has 0 aromatic carbocycles. The molecule has 20 heavy (non-hydrogen) atoms. The Hall–Kier alpha value is -1.62. The standard InChI is InChI=1S/C15H24N4O/c1-3-5-13-10-12(11-14(16)17-13)15(20)19-8-6-18(4-2)7-9-19/h10-11H,3-9H2,1-2H3,(H2,16,17). The average molecular weight is 276 g/mol. The lowest BCUT2D eigenvalue weighted by atomic mass is 10.1. The fraction of sp³-hybridized carbons (Fsp3) is 0.600. The average Bonchev–Trinajstić information content (AvgIpc) is 2.46. The first kappa shape index (κ1) is 14.8. The van der Waals surface area contributed by atoms with Crippen molar-refractivity contribution in [2.75, 3.05) is 38.5 Å². The van der Waals surface area contributed by atoms with Crippen molar-refractivity contribution in [3.8, 4) is 0 Å². The molecule has 5 heteroatoms. The van der Waals surface area contributed by atoms with Gasteiger partial charge in [-0.25, -0.2) is 4.98 Å². The minimum atomic E-state index is 0.0761. The third-order valence-electron chi connectivity index (χ3n) is 3.76. The first-order valence-electron chi connectivity index (χ1n) is 7.42. The van der Waals surface area contributed by atoms with Crippen molar-refractivity contribution in [2.45, 2.75) is 26.7 Å². The number of carbonyl (C=O) groups is 1. The molecule has 1 aromatic heterocycles. The Balaban J connectivity index is 2.09. The van der Waals surface area contributed by atoms with E-state index in [9.17, 15) is 4.79 Å². The highest BCUT2D eigenvalue weighted by atomic mass is 16.2. The Morgan fingerprint density at radius 2 is 1.95 bits per heavy atom. The third kappa shape index (κ3) is 3.48. The molecule has 0 atom stereocenters. The van der Waals surface area contributed by atoms with Gasteiger partial charge in [-0.1, -0.05) is 20.3 Å². The summed E-state index contributed by atoms with van der Waals surface area (Å²) in [6.07, 6.45) is 1.86. The summed E-state index contributed by atoms with van der Waals surface area (Å²) < 4.78 is 0. The normalized spacial score (nSPS) is 16.4. The summed E-state index contributed by atoms with van der Waals surface area (Å²) in [5, 5.41) is 0. The molecule has 110 valence electrons. The van der Waals surface area contributed by atoms with Gasteiger partial charge in [0.25, 0.3) is 5.91 Å². The summed E-state index contributed by atoms with van der Waals surface area (Å²) in [7, 11) is 0.